The lowest BCUT2D eigenvalue weighted by atomic mass is 10.0. The van der Waals surface area contributed by atoms with Gasteiger partial charge in [-0.15, -0.1) is 0 Å². The van der Waals surface area contributed by atoms with E-state index in [2.05, 4.69) is 181 Å². The number of benzene rings is 6. The number of anilines is 5. The van der Waals surface area contributed by atoms with E-state index in [9.17, 15) is 0 Å². The van der Waals surface area contributed by atoms with Crippen molar-refractivity contribution < 1.29 is 0 Å². The summed E-state index contributed by atoms with van der Waals surface area (Å²) in [6.45, 7) is 0. The highest BCUT2D eigenvalue weighted by Crippen LogP contribution is 2.38. The minimum Gasteiger partial charge on any atom is -0.345 e. The van der Waals surface area contributed by atoms with Crippen LogP contribution < -0.4 is 9.80 Å². The second-order valence-electron chi connectivity index (χ2n) is 9.58. The van der Waals surface area contributed by atoms with E-state index in [1.54, 1.807) is 0 Å². The van der Waals surface area contributed by atoms with Crippen molar-refractivity contribution in [3.8, 4) is 22.3 Å². The molecule has 0 saturated heterocycles. The van der Waals surface area contributed by atoms with E-state index in [0.717, 1.165) is 28.4 Å². The molecule has 6 aromatic rings. The lowest BCUT2D eigenvalue weighted by Gasteiger charge is -2.27. The lowest BCUT2D eigenvalue weighted by molar-refractivity contribution is 1.20. The van der Waals surface area contributed by atoms with Gasteiger partial charge in [0.15, 0.2) is 0 Å². The molecule has 0 saturated carbocycles. The van der Waals surface area contributed by atoms with Crippen molar-refractivity contribution in [2.75, 3.05) is 16.8 Å². The smallest absolute Gasteiger partial charge is 0.0467 e. The molecule has 0 spiro atoms. The zero-order valence-electron chi connectivity index (χ0n) is 22.0. The van der Waals surface area contributed by atoms with E-state index in [0.29, 0.717) is 0 Å². The molecule has 2 nitrogen and oxygen atoms in total. The Balaban J connectivity index is 1.33. The molecule has 0 fully saturated rings. The summed E-state index contributed by atoms with van der Waals surface area (Å²) in [5.74, 6) is 0. The summed E-state index contributed by atoms with van der Waals surface area (Å²) in [5, 5.41) is 0. The second kappa shape index (κ2) is 11.1. The van der Waals surface area contributed by atoms with Gasteiger partial charge >= 0.3 is 0 Å². The van der Waals surface area contributed by atoms with Gasteiger partial charge in [0, 0.05) is 35.5 Å². The van der Waals surface area contributed by atoms with Gasteiger partial charge in [0.1, 0.15) is 0 Å². The minimum atomic E-state index is 1.11. The molecule has 0 unspecified atom stereocenters. The van der Waals surface area contributed by atoms with Gasteiger partial charge < -0.3 is 9.80 Å². The molecule has 39 heavy (non-hydrogen) atoms. The predicted molar refractivity (Wildman–Crippen MR) is 167 cm³/mol. The van der Waals surface area contributed by atoms with E-state index in [1.807, 2.05) is 0 Å². The average Bonchev–Trinajstić information content (AvgIpc) is 3.03. The molecule has 0 aliphatic heterocycles. The van der Waals surface area contributed by atoms with Crippen LogP contribution in [0.15, 0.2) is 164 Å². The van der Waals surface area contributed by atoms with Crippen LogP contribution in [0.1, 0.15) is 0 Å². The molecule has 6 rings (SSSR count). The molecule has 6 aromatic carbocycles. The van der Waals surface area contributed by atoms with E-state index in [-0.39, 0.29) is 0 Å². The van der Waals surface area contributed by atoms with Crippen molar-refractivity contribution in [3.05, 3.63) is 164 Å². The average molecular weight is 503 g/mol. The van der Waals surface area contributed by atoms with Crippen LogP contribution in [0, 0.1) is 0 Å². The lowest BCUT2D eigenvalue weighted by Crippen LogP contribution is -2.12. The topological polar surface area (TPSA) is 6.48 Å². The number of hydrogen-bond donors (Lipinski definition) is 0. The maximum absolute atomic E-state index is 2.31. The first-order valence-corrected chi connectivity index (χ1v) is 13.3. The normalized spacial score (nSPS) is 10.7. The maximum atomic E-state index is 2.31. The number of rotatable bonds is 7. The molecule has 0 bridgehead atoms. The van der Waals surface area contributed by atoms with E-state index >= 15 is 0 Å². The van der Waals surface area contributed by atoms with Crippen LogP contribution in [0.4, 0.5) is 28.4 Å². The monoisotopic (exact) mass is 502 g/mol. The van der Waals surface area contributed by atoms with Gasteiger partial charge in [-0.1, -0.05) is 103 Å². The van der Waals surface area contributed by atoms with Gasteiger partial charge in [0.05, 0.1) is 0 Å². The standard InChI is InChI=1S/C37H30N2/c1-38(36-21-11-17-31(27-36)29-13-5-2-6-14-29)33-23-25-35(26-24-33)39(34-19-9-4-10-20-34)37-22-12-18-32(28-37)30-15-7-3-8-16-30/h2-28H,1H3. The molecular formula is C37H30N2. The highest BCUT2D eigenvalue weighted by molar-refractivity contribution is 5.81. The predicted octanol–water partition coefficient (Wildman–Crippen LogP) is 10.3. The number of hydrogen-bond acceptors (Lipinski definition) is 2. The molecule has 0 aliphatic carbocycles. The van der Waals surface area contributed by atoms with Gasteiger partial charge in [-0.05, 0) is 82.9 Å². The Labute approximate surface area is 231 Å². The Morgan fingerprint density at radius 3 is 1.26 bits per heavy atom. The van der Waals surface area contributed by atoms with Crippen LogP contribution in [-0.4, -0.2) is 7.05 Å². The Morgan fingerprint density at radius 2 is 0.692 bits per heavy atom. The van der Waals surface area contributed by atoms with Crippen molar-refractivity contribution in [3.63, 3.8) is 0 Å². The van der Waals surface area contributed by atoms with Crippen molar-refractivity contribution in [1.29, 1.82) is 0 Å². The largest absolute Gasteiger partial charge is 0.345 e. The minimum absolute atomic E-state index is 1.11. The molecule has 0 N–H and O–H groups in total. The molecule has 0 aliphatic rings. The van der Waals surface area contributed by atoms with Crippen LogP contribution >= 0.6 is 0 Å². The summed E-state index contributed by atoms with van der Waals surface area (Å²) in [6.07, 6.45) is 0. The van der Waals surface area contributed by atoms with Gasteiger partial charge in [0.25, 0.3) is 0 Å². The highest BCUT2D eigenvalue weighted by Gasteiger charge is 2.14. The van der Waals surface area contributed by atoms with Crippen molar-refractivity contribution >= 4 is 28.4 Å². The molecule has 2 heteroatoms. The Morgan fingerprint density at radius 1 is 0.308 bits per heavy atom. The molecule has 0 atom stereocenters. The second-order valence-corrected chi connectivity index (χ2v) is 9.58. The fourth-order valence-corrected chi connectivity index (χ4v) is 4.98. The third-order valence-electron chi connectivity index (χ3n) is 7.06. The highest BCUT2D eigenvalue weighted by atomic mass is 15.1. The van der Waals surface area contributed by atoms with Gasteiger partial charge in [0.2, 0.25) is 0 Å². The molecule has 0 aromatic heterocycles. The SMILES string of the molecule is CN(c1ccc(N(c2ccccc2)c2cccc(-c3ccccc3)c2)cc1)c1cccc(-c2ccccc2)c1. The summed E-state index contributed by atoms with van der Waals surface area (Å²) in [4.78, 5) is 4.55. The van der Waals surface area contributed by atoms with Gasteiger partial charge in [-0.25, -0.2) is 0 Å². The van der Waals surface area contributed by atoms with Gasteiger partial charge in [-0.3, -0.25) is 0 Å². The first-order chi connectivity index (χ1) is 19.3. The first-order valence-electron chi connectivity index (χ1n) is 13.3. The first kappa shape index (κ1) is 24.3. The molecule has 0 radical (unpaired) electrons. The van der Waals surface area contributed by atoms with Crippen molar-refractivity contribution in [2.45, 2.75) is 0 Å². The third-order valence-corrected chi connectivity index (χ3v) is 7.06. The van der Waals surface area contributed by atoms with Crippen LogP contribution in [0.2, 0.25) is 0 Å². The fourth-order valence-electron chi connectivity index (χ4n) is 4.98. The maximum Gasteiger partial charge on any atom is 0.0467 e. The Hall–Kier alpha value is -5.08. The molecule has 188 valence electrons. The number of nitrogens with zero attached hydrogens (tertiary/aromatic N) is 2. The third kappa shape index (κ3) is 5.32. The summed E-state index contributed by atoms with van der Waals surface area (Å²) >= 11 is 0. The van der Waals surface area contributed by atoms with Crippen LogP contribution in [-0.2, 0) is 0 Å². The molecule has 0 amide bonds. The van der Waals surface area contributed by atoms with Crippen LogP contribution in [0.5, 0.6) is 0 Å². The Bertz CT molecular complexity index is 1640. The quantitative estimate of drug-likeness (QED) is 0.214. The number of para-hydroxylation sites is 1. The zero-order valence-corrected chi connectivity index (χ0v) is 22.0. The summed E-state index contributed by atoms with van der Waals surface area (Å²) in [6, 6.07) is 57.8. The zero-order chi connectivity index (χ0) is 26.4. The van der Waals surface area contributed by atoms with E-state index in [1.165, 1.54) is 22.3 Å². The van der Waals surface area contributed by atoms with Gasteiger partial charge in [-0.2, -0.15) is 0 Å². The summed E-state index contributed by atoms with van der Waals surface area (Å²) in [7, 11) is 2.12. The summed E-state index contributed by atoms with van der Waals surface area (Å²) in [5.41, 5.74) is 10.5. The summed E-state index contributed by atoms with van der Waals surface area (Å²) < 4.78 is 0. The Kier molecular flexibility index (Phi) is 6.92. The molecule has 0 heterocycles. The van der Waals surface area contributed by atoms with Crippen molar-refractivity contribution in [2.24, 2.45) is 0 Å². The van der Waals surface area contributed by atoms with Crippen molar-refractivity contribution in [1.82, 2.24) is 0 Å². The van der Waals surface area contributed by atoms with Crippen LogP contribution in [0.25, 0.3) is 22.3 Å². The fraction of sp³-hybridized carbons (Fsp3) is 0.0270. The van der Waals surface area contributed by atoms with E-state index in [4.69, 9.17) is 0 Å². The van der Waals surface area contributed by atoms with Crippen LogP contribution in [0.3, 0.4) is 0 Å². The van der Waals surface area contributed by atoms with E-state index < -0.39 is 0 Å². The molecular weight excluding hydrogens is 472 g/mol.